The van der Waals surface area contributed by atoms with Gasteiger partial charge in [-0.25, -0.2) is 0 Å². The summed E-state index contributed by atoms with van der Waals surface area (Å²) in [6, 6.07) is 4.38. The molecular formula is C14H19BrN2O. The van der Waals surface area contributed by atoms with Gasteiger partial charge in [-0.05, 0) is 36.5 Å². The summed E-state index contributed by atoms with van der Waals surface area (Å²) in [5.74, 6) is 0.528. The lowest BCUT2D eigenvalue weighted by Gasteiger charge is -2.26. The van der Waals surface area contributed by atoms with Crippen molar-refractivity contribution in [3.8, 4) is 0 Å². The maximum Gasteiger partial charge on any atom is 0.237 e. The predicted octanol–water partition coefficient (Wildman–Crippen LogP) is 2.99. The van der Waals surface area contributed by atoms with Gasteiger partial charge in [-0.15, -0.1) is 0 Å². The van der Waals surface area contributed by atoms with Gasteiger partial charge >= 0.3 is 0 Å². The first-order valence-corrected chi connectivity index (χ1v) is 7.34. The van der Waals surface area contributed by atoms with Crippen molar-refractivity contribution in [3.63, 3.8) is 0 Å². The van der Waals surface area contributed by atoms with Crippen molar-refractivity contribution in [1.82, 2.24) is 9.88 Å². The molecule has 0 saturated heterocycles. The number of hydrogen-bond acceptors (Lipinski definition) is 2. The van der Waals surface area contributed by atoms with Crippen LogP contribution in [0.3, 0.4) is 0 Å². The van der Waals surface area contributed by atoms with Gasteiger partial charge in [0.2, 0.25) is 5.91 Å². The van der Waals surface area contributed by atoms with Gasteiger partial charge in [-0.2, -0.15) is 0 Å². The van der Waals surface area contributed by atoms with E-state index in [-0.39, 0.29) is 10.7 Å². The van der Waals surface area contributed by atoms with Crippen molar-refractivity contribution in [3.05, 3.63) is 30.1 Å². The van der Waals surface area contributed by atoms with Crippen LogP contribution in [0.5, 0.6) is 0 Å². The summed E-state index contributed by atoms with van der Waals surface area (Å²) in [6.07, 6.45) is 5.82. The molecule has 0 N–H and O–H groups in total. The molecule has 0 spiro atoms. The fraction of sp³-hybridized carbons (Fsp3) is 0.571. The highest BCUT2D eigenvalue weighted by Crippen LogP contribution is 2.30. The average Bonchev–Trinajstić information content (AvgIpc) is 3.19. The van der Waals surface area contributed by atoms with Gasteiger partial charge in [0, 0.05) is 25.0 Å². The molecule has 0 radical (unpaired) electrons. The van der Waals surface area contributed by atoms with Gasteiger partial charge in [0.1, 0.15) is 0 Å². The first-order valence-electron chi connectivity index (χ1n) is 6.43. The van der Waals surface area contributed by atoms with Crippen LogP contribution in [-0.2, 0) is 11.3 Å². The Labute approximate surface area is 117 Å². The van der Waals surface area contributed by atoms with Crippen molar-refractivity contribution in [1.29, 1.82) is 0 Å². The van der Waals surface area contributed by atoms with E-state index in [1.807, 2.05) is 17.0 Å². The van der Waals surface area contributed by atoms with Crippen LogP contribution in [0.25, 0.3) is 0 Å². The quantitative estimate of drug-likeness (QED) is 0.783. The van der Waals surface area contributed by atoms with Crippen molar-refractivity contribution in [2.45, 2.75) is 44.1 Å². The Morgan fingerprint density at radius 3 is 2.56 bits per heavy atom. The standard InChI is InChI=1S/C14H19BrN2O/c1-10(2)13(15)14(18)17(12-3-4-12)9-11-5-7-16-8-6-11/h5-8,10,12-13H,3-4,9H2,1-2H3. The lowest BCUT2D eigenvalue weighted by molar-refractivity contribution is -0.132. The summed E-state index contributed by atoms with van der Waals surface area (Å²) in [6.45, 7) is 4.82. The Kier molecular flexibility index (Phi) is 4.38. The molecule has 4 heteroatoms. The number of carbonyl (C=O) groups is 1. The van der Waals surface area contributed by atoms with Gasteiger partial charge in [0.05, 0.1) is 4.83 Å². The SMILES string of the molecule is CC(C)C(Br)C(=O)N(Cc1ccncc1)C1CC1. The molecule has 1 heterocycles. The van der Waals surface area contributed by atoms with Crippen LogP contribution in [-0.4, -0.2) is 26.7 Å². The highest BCUT2D eigenvalue weighted by molar-refractivity contribution is 9.10. The summed E-state index contributed by atoms with van der Waals surface area (Å²) in [7, 11) is 0. The Morgan fingerprint density at radius 2 is 2.06 bits per heavy atom. The molecule has 1 amide bonds. The first-order chi connectivity index (χ1) is 8.59. The Morgan fingerprint density at radius 1 is 1.44 bits per heavy atom. The zero-order valence-electron chi connectivity index (χ0n) is 10.8. The van der Waals surface area contributed by atoms with E-state index in [0.29, 0.717) is 18.5 Å². The Balaban J connectivity index is 2.07. The highest BCUT2D eigenvalue weighted by atomic mass is 79.9. The number of rotatable bonds is 5. The van der Waals surface area contributed by atoms with E-state index in [4.69, 9.17) is 0 Å². The zero-order chi connectivity index (χ0) is 13.1. The topological polar surface area (TPSA) is 33.2 Å². The van der Waals surface area contributed by atoms with Crippen molar-refractivity contribution in [2.24, 2.45) is 5.92 Å². The molecule has 0 aliphatic heterocycles. The molecule has 1 saturated carbocycles. The minimum Gasteiger partial charge on any atom is -0.334 e. The monoisotopic (exact) mass is 310 g/mol. The second kappa shape index (κ2) is 5.83. The van der Waals surface area contributed by atoms with E-state index in [0.717, 1.165) is 18.4 Å². The lowest BCUT2D eigenvalue weighted by Crippen LogP contribution is -2.39. The van der Waals surface area contributed by atoms with Crippen molar-refractivity contribution >= 4 is 21.8 Å². The molecular weight excluding hydrogens is 292 g/mol. The number of halogens is 1. The molecule has 98 valence electrons. The second-order valence-corrected chi connectivity index (χ2v) is 6.19. The number of pyridine rings is 1. The Bertz CT molecular complexity index is 404. The summed E-state index contributed by atoms with van der Waals surface area (Å²) >= 11 is 3.51. The fourth-order valence-electron chi connectivity index (χ4n) is 1.90. The van der Waals surface area contributed by atoms with E-state index in [2.05, 4.69) is 34.8 Å². The van der Waals surface area contributed by atoms with Crippen LogP contribution >= 0.6 is 15.9 Å². The van der Waals surface area contributed by atoms with E-state index in [9.17, 15) is 4.79 Å². The molecule has 0 bridgehead atoms. The summed E-state index contributed by atoms with van der Waals surface area (Å²) in [5, 5.41) is 0. The smallest absolute Gasteiger partial charge is 0.237 e. The number of amides is 1. The van der Waals surface area contributed by atoms with E-state index in [1.54, 1.807) is 12.4 Å². The van der Waals surface area contributed by atoms with Crippen molar-refractivity contribution < 1.29 is 4.79 Å². The molecule has 1 aromatic rings. The molecule has 1 atom stereocenters. The normalized spacial score (nSPS) is 16.7. The first kappa shape index (κ1) is 13.5. The van der Waals surface area contributed by atoms with E-state index < -0.39 is 0 Å². The van der Waals surface area contributed by atoms with Gasteiger partial charge in [0.25, 0.3) is 0 Å². The van der Waals surface area contributed by atoms with Crippen LogP contribution in [0.4, 0.5) is 0 Å². The van der Waals surface area contributed by atoms with Crippen LogP contribution < -0.4 is 0 Å². The molecule has 18 heavy (non-hydrogen) atoms. The molecule has 1 aliphatic rings. The van der Waals surface area contributed by atoms with Crippen LogP contribution in [0, 0.1) is 5.92 Å². The third-order valence-corrected chi connectivity index (χ3v) is 4.64. The second-order valence-electron chi connectivity index (χ2n) is 5.20. The minimum atomic E-state index is -0.0834. The van der Waals surface area contributed by atoms with Gasteiger partial charge in [0.15, 0.2) is 0 Å². The number of hydrogen-bond donors (Lipinski definition) is 0. The number of carbonyl (C=O) groups excluding carboxylic acids is 1. The summed E-state index contributed by atoms with van der Waals surface area (Å²) in [5.41, 5.74) is 1.15. The maximum absolute atomic E-state index is 12.4. The van der Waals surface area contributed by atoms with E-state index >= 15 is 0 Å². The largest absolute Gasteiger partial charge is 0.334 e. The molecule has 3 nitrogen and oxygen atoms in total. The fourth-order valence-corrected chi connectivity index (χ4v) is 2.16. The molecule has 1 fully saturated rings. The molecule has 1 aromatic heterocycles. The summed E-state index contributed by atoms with van der Waals surface area (Å²) in [4.78, 5) is 18.4. The molecule has 1 aliphatic carbocycles. The molecule has 1 unspecified atom stereocenters. The summed E-state index contributed by atoms with van der Waals surface area (Å²) < 4.78 is 0. The third kappa shape index (κ3) is 3.31. The minimum absolute atomic E-state index is 0.0834. The van der Waals surface area contributed by atoms with Gasteiger partial charge in [-0.3, -0.25) is 9.78 Å². The maximum atomic E-state index is 12.4. The third-order valence-electron chi connectivity index (χ3n) is 3.19. The highest BCUT2D eigenvalue weighted by Gasteiger charge is 2.35. The van der Waals surface area contributed by atoms with Gasteiger partial charge in [-0.1, -0.05) is 29.8 Å². The van der Waals surface area contributed by atoms with Crippen molar-refractivity contribution in [2.75, 3.05) is 0 Å². The average molecular weight is 311 g/mol. The zero-order valence-corrected chi connectivity index (χ0v) is 12.4. The van der Waals surface area contributed by atoms with Crippen LogP contribution in [0.15, 0.2) is 24.5 Å². The van der Waals surface area contributed by atoms with Crippen LogP contribution in [0.2, 0.25) is 0 Å². The van der Waals surface area contributed by atoms with Gasteiger partial charge < -0.3 is 4.90 Å². The lowest BCUT2D eigenvalue weighted by atomic mass is 10.1. The Hall–Kier alpha value is -0.900. The number of alkyl halides is 1. The van der Waals surface area contributed by atoms with E-state index in [1.165, 1.54) is 0 Å². The predicted molar refractivity (Wildman–Crippen MR) is 75.4 cm³/mol. The molecule has 0 aromatic carbocycles. The number of aromatic nitrogens is 1. The van der Waals surface area contributed by atoms with Crippen LogP contribution in [0.1, 0.15) is 32.3 Å². The molecule has 2 rings (SSSR count). The number of nitrogens with zero attached hydrogens (tertiary/aromatic N) is 2.